The molecule has 27 heavy (non-hydrogen) atoms. The number of ether oxygens (including phenoxy) is 1. The smallest absolute Gasteiger partial charge is 0.231 e. The van der Waals surface area contributed by atoms with Crippen LogP contribution in [0.1, 0.15) is 12.0 Å². The van der Waals surface area contributed by atoms with Crippen molar-refractivity contribution in [1.29, 1.82) is 0 Å². The summed E-state index contributed by atoms with van der Waals surface area (Å²) in [6.07, 6.45) is 3.35. The fraction of sp³-hybridized carbons (Fsp3) is 0.263. The van der Waals surface area contributed by atoms with Gasteiger partial charge >= 0.3 is 0 Å². The van der Waals surface area contributed by atoms with Crippen LogP contribution in [0.3, 0.4) is 0 Å². The van der Waals surface area contributed by atoms with Crippen LogP contribution in [0.5, 0.6) is 5.88 Å². The maximum absolute atomic E-state index is 11.2. The van der Waals surface area contributed by atoms with E-state index < -0.39 is 9.84 Å². The van der Waals surface area contributed by atoms with Crippen LogP contribution in [0.25, 0.3) is 28.1 Å². The molecule has 0 amide bonds. The van der Waals surface area contributed by atoms with Gasteiger partial charge in [0, 0.05) is 23.3 Å². The number of para-hydroxylation sites is 1. The molecule has 0 radical (unpaired) electrons. The van der Waals surface area contributed by atoms with Crippen molar-refractivity contribution in [3.05, 3.63) is 48.2 Å². The molecule has 0 atom stereocenters. The molecule has 0 bridgehead atoms. The fourth-order valence-corrected chi connectivity index (χ4v) is 3.65. The van der Waals surface area contributed by atoms with E-state index in [9.17, 15) is 8.42 Å². The first-order chi connectivity index (χ1) is 12.9. The number of imidazole rings is 1. The van der Waals surface area contributed by atoms with E-state index in [0.717, 1.165) is 22.2 Å². The molecule has 0 aliphatic carbocycles. The van der Waals surface area contributed by atoms with Crippen molar-refractivity contribution >= 4 is 26.5 Å². The van der Waals surface area contributed by atoms with Crippen molar-refractivity contribution in [2.24, 2.45) is 0 Å². The lowest BCUT2D eigenvalue weighted by molar-refractivity contribution is 0.301. The Kier molecular flexibility index (Phi) is 4.35. The Morgan fingerprint density at radius 1 is 1.19 bits per heavy atom. The van der Waals surface area contributed by atoms with Gasteiger partial charge in [-0.15, -0.1) is 5.10 Å². The zero-order valence-corrected chi connectivity index (χ0v) is 15.9. The quantitative estimate of drug-likeness (QED) is 0.474. The predicted octanol–water partition coefficient (Wildman–Crippen LogP) is 3.26. The molecule has 0 saturated heterocycles. The van der Waals surface area contributed by atoms with Crippen molar-refractivity contribution in [2.45, 2.75) is 13.3 Å². The summed E-state index contributed by atoms with van der Waals surface area (Å²) in [5, 5.41) is 5.53. The third-order valence-corrected chi connectivity index (χ3v) is 5.35. The van der Waals surface area contributed by atoms with E-state index in [0.29, 0.717) is 23.7 Å². The van der Waals surface area contributed by atoms with Crippen LogP contribution in [0.15, 0.2) is 47.0 Å². The van der Waals surface area contributed by atoms with Crippen molar-refractivity contribution < 1.29 is 17.6 Å². The molecule has 0 N–H and O–H groups in total. The zero-order chi connectivity index (χ0) is 19.0. The first kappa shape index (κ1) is 17.5. The molecular weight excluding hydrogens is 366 g/mol. The molecule has 0 aliphatic rings. The van der Waals surface area contributed by atoms with Gasteiger partial charge in [0.2, 0.25) is 5.88 Å². The summed E-state index contributed by atoms with van der Waals surface area (Å²) in [4.78, 5) is 4.38. The maximum atomic E-state index is 11.2. The Balaban J connectivity index is 1.65. The summed E-state index contributed by atoms with van der Waals surface area (Å²) in [6.45, 7) is 2.28. The molecule has 4 aromatic rings. The van der Waals surface area contributed by atoms with Crippen LogP contribution in [0.2, 0.25) is 0 Å². The van der Waals surface area contributed by atoms with E-state index in [-0.39, 0.29) is 12.4 Å². The van der Waals surface area contributed by atoms with E-state index in [4.69, 9.17) is 9.15 Å². The van der Waals surface area contributed by atoms with Crippen molar-refractivity contribution in [1.82, 2.24) is 14.6 Å². The number of furan rings is 1. The highest BCUT2D eigenvalue weighted by atomic mass is 32.2. The number of rotatable bonds is 6. The molecule has 3 aromatic heterocycles. The number of benzene rings is 1. The van der Waals surface area contributed by atoms with Gasteiger partial charge in [-0.2, -0.15) is 0 Å². The summed E-state index contributed by atoms with van der Waals surface area (Å²) in [7, 11) is -2.99. The minimum atomic E-state index is -2.99. The number of aromatic nitrogens is 3. The molecule has 3 heterocycles. The minimum Gasteiger partial charge on any atom is -0.477 e. The van der Waals surface area contributed by atoms with Gasteiger partial charge in [0.15, 0.2) is 11.4 Å². The number of hydrogen-bond donors (Lipinski definition) is 0. The van der Waals surface area contributed by atoms with Crippen molar-refractivity contribution in [3.63, 3.8) is 0 Å². The third kappa shape index (κ3) is 3.52. The van der Waals surface area contributed by atoms with Crippen LogP contribution in [0.4, 0.5) is 0 Å². The second-order valence-corrected chi connectivity index (χ2v) is 8.73. The molecule has 140 valence electrons. The standard InChI is InChI=1S/C19H19N3O4S/c1-13-14-6-3-4-7-16(14)26-19(13)15-12-20-17-8-9-18(21-22(15)17)25-10-5-11-27(2,23)24/h3-4,6-9,12H,5,10-11H2,1-2H3. The summed E-state index contributed by atoms with van der Waals surface area (Å²) < 4.78 is 35.7. The van der Waals surface area contributed by atoms with Crippen molar-refractivity contribution in [2.75, 3.05) is 18.6 Å². The van der Waals surface area contributed by atoms with Gasteiger partial charge in [0.1, 0.15) is 21.1 Å². The monoisotopic (exact) mass is 385 g/mol. The van der Waals surface area contributed by atoms with Gasteiger partial charge in [-0.1, -0.05) is 18.2 Å². The second kappa shape index (κ2) is 6.70. The SMILES string of the molecule is Cc1c(-c2cnc3ccc(OCCCS(C)(=O)=O)nn23)oc2ccccc12. The Labute approximate surface area is 156 Å². The number of hydrogen-bond acceptors (Lipinski definition) is 6. The molecule has 0 spiro atoms. The molecule has 1 aromatic carbocycles. The molecule has 4 rings (SSSR count). The van der Waals surface area contributed by atoms with E-state index in [1.807, 2.05) is 31.2 Å². The molecule has 7 nitrogen and oxygen atoms in total. The van der Waals surface area contributed by atoms with E-state index in [1.165, 1.54) is 6.26 Å². The fourth-order valence-electron chi connectivity index (χ4n) is 3.00. The highest BCUT2D eigenvalue weighted by Crippen LogP contribution is 2.33. The third-order valence-electron chi connectivity index (χ3n) is 4.32. The average molecular weight is 385 g/mol. The number of fused-ring (bicyclic) bond motifs is 2. The topological polar surface area (TPSA) is 86.7 Å². The first-order valence-electron chi connectivity index (χ1n) is 8.56. The van der Waals surface area contributed by atoms with Crippen LogP contribution in [0, 0.1) is 6.92 Å². The largest absolute Gasteiger partial charge is 0.477 e. The molecule has 8 heteroatoms. The Bertz CT molecular complexity index is 1220. The van der Waals surface area contributed by atoms with E-state index >= 15 is 0 Å². The lowest BCUT2D eigenvalue weighted by atomic mass is 10.1. The molecular formula is C19H19N3O4S. The summed E-state index contributed by atoms with van der Waals surface area (Å²) in [5.74, 6) is 1.21. The highest BCUT2D eigenvalue weighted by molar-refractivity contribution is 7.90. The molecule has 0 aliphatic heterocycles. The van der Waals surface area contributed by atoms with Gasteiger partial charge in [0.05, 0.1) is 18.6 Å². The lowest BCUT2D eigenvalue weighted by Crippen LogP contribution is -2.09. The summed E-state index contributed by atoms with van der Waals surface area (Å²) in [6, 6.07) is 11.4. The normalized spacial score (nSPS) is 12.1. The van der Waals surface area contributed by atoms with Crippen LogP contribution < -0.4 is 4.74 Å². The van der Waals surface area contributed by atoms with Crippen LogP contribution in [-0.4, -0.2) is 41.6 Å². The Morgan fingerprint density at radius 2 is 2.00 bits per heavy atom. The number of nitrogens with zero attached hydrogens (tertiary/aromatic N) is 3. The van der Waals surface area contributed by atoms with E-state index in [2.05, 4.69) is 10.1 Å². The van der Waals surface area contributed by atoms with Gasteiger partial charge < -0.3 is 9.15 Å². The summed E-state index contributed by atoms with van der Waals surface area (Å²) in [5.41, 5.74) is 3.25. The summed E-state index contributed by atoms with van der Waals surface area (Å²) >= 11 is 0. The first-order valence-corrected chi connectivity index (χ1v) is 10.6. The van der Waals surface area contributed by atoms with Gasteiger partial charge in [-0.05, 0) is 25.5 Å². The maximum Gasteiger partial charge on any atom is 0.231 e. The Morgan fingerprint density at radius 3 is 2.78 bits per heavy atom. The van der Waals surface area contributed by atoms with Crippen molar-refractivity contribution in [3.8, 4) is 17.3 Å². The Hall–Kier alpha value is -2.87. The van der Waals surface area contributed by atoms with Gasteiger partial charge in [0.25, 0.3) is 0 Å². The molecule has 0 fully saturated rings. The average Bonchev–Trinajstić information content (AvgIpc) is 3.19. The highest BCUT2D eigenvalue weighted by Gasteiger charge is 2.17. The molecule has 0 unspecified atom stereocenters. The van der Waals surface area contributed by atoms with Gasteiger partial charge in [-0.25, -0.2) is 17.9 Å². The number of aryl methyl sites for hydroxylation is 1. The minimum absolute atomic E-state index is 0.0871. The zero-order valence-electron chi connectivity index (χ0n) is 15.0. The number of sulfone groups is 1. The molecule has 0 saturated carbocycles. The second-order valence-electron chi connectivity index (χ2n) is 6.47. The van der Waals surface area contributed by atoms with Crippen LogP contribution in [-0.2, 0) is 9.84 Å². The van der Waals surface area contributed by atoms with Crippen LogP contribution >= 0.6 is 0 Å². The lowest BCUT2D eigenvalue weighted by Gasteiger charge is -2.06. The van der Waals surface area contributed by atoms with E-state index in [1.54, 1.807) is 22.8 Å². The predicted molar refractivity (Wildman–Crippen MR) is 103 cm³/mol. The van der Waals surface area contributed by atoms with Gasteiger partial charge in [-0.3, -0.25) is 0 Å².